The molecule has 0 aromatic carbocycles. The molecule has 0 spiro atoms. The Morgan fingerprint density at radius 2 is 2.19 bits per heavy atom. The highest BCUT2D eigenvalue weighted by Crippen LogP contribution is 2.22. The van der Waals surface area contributed by atoms with Gasteiger partial charge in [-0.3, -0.25) is 0 Å². The third-order valence-electron chi connectivity index (χ3n) is 2.46. The Morgan fingerprint density at radius 3 is 2.75 bits per heavy atom. The van der Waals surface area contributed by atoms with E-state index in [2.05, 4.69) is 46.7 Å². The van der Waals surface area contributed by atoms with Gasteiger partial charge in [0.05, 0.1) is 5.88 Å². The Bertz CT molecular complexity index is 342. The first-order chi connectivity index (χ1) is 7.54. The van der Waals surface area contributed by atoms with E-state index in [0.717, 1.165) is 28.8 Å². The maximum Gasteiger partial charge on any atom is 0.132 e. The van der Waals surface area contributed by atoms with Crippen molar-refractivity contribution in [3.05, 3.63) is 22.3 Å². The second-order valence-electron chi connectivity index (χ2n) is 4.37. The number of hydrogen-bond acceptors (Lipinski definition) is 2. The minimum atomic E-state index is 0.494. The van der Waals surface area contributed by atoms with Gasteiger partial charge in [0.1, 0.15) is 5.82 Å². The van der Waals surface area contributed by atoms with Crippen LogP contribution in [-0.2, 0) is 5.88 Å². The van der Waals surface area contributed by atoms with E-state index in [4.69, 9.17) is 11.6 Å². The molecule has 1 aromatic rings. The number of anilines is 1. The molecule has 0 aliphatic heterocycles. The first kappa shape index (κ1) is 13.8. The minimum absolute atomic E-state index is 0.494. The van der Waals surface area contributed by atoms with Gasteiger partial charge in [0.15, 0.2) is 0 Å². The molecule has 1 aromatic heterocycles. The summed E-state index contributed by atoms with van der Waals surface area (Å²) in [7, 11) is 2.06. The number of nitrogens with zero attached hydrogens (tertiary/aromatic N) is 2. The molecule has 0 aliphatic rings. The van der Waals surface area contributed by atoms with Gasteiger partial charge >= 0.3 is 0 Å². The van der Waals surface area contributed by atoms with Crippen molar-refractivity contribution in [3.63, 3.8) is 0 Å². The van der Waals surface area contributed by atoms with Gasteiger partial charge in [0, 0.05) is 29.8 Å². The molecule has 1 heterocycles. The highest BCUT2D eigenvalue weighted by molar-refractivity contribution is 9.10. The van der Waals surface area contributed by atoms with Crippen LogP contribution < -0.4 is 4.90 Å². The number of alkyl halides is 1. The number of hydrogen-bond donors (Lipinski definition) is 0. The van der Waals surface area contributed by atoms with Gasteiger partial charge in [-0.05, 0) is 34.3 Å². The summed E-state index contributed by atoms with van der Waals surface area (Å²) < 4.78 is 0.976. The van der Waals surface area contributed by atoms with E-state index in [1.807, 2.05) is 12.3 Å². The number of aromatic nitrogens is 1. The van der Waals surface area contributed by atoms with Gasteiger partial charge in [-0.25, -0.2) is 4.98 Å². The van der Waals surface area contributed by atoms with Crippen LogP contribution in [0.2, 0.25) is 0 Å². The molecule has 0 N–H and O–H groups in total. The van der Waals surface area contributed by atoms with Crippen molar-refractivity contribution in [1.29, 1.82) is 0 Å². The topological polar surface area (TPSA) is 16.1 Å². The monoisotopic (exact) mass is 304 g/mol. The smallest absolute Gasteiger partial charge is 0.132 e. The summed E-state index contributed by atoms with van der Waals surface area (Å²) >= 11 is 9.33. The predicted molar refractivity (Wildman–Crippen MR) is 74.2 cm³/mol. The molecule has 0 saturated carbocycles. The second-order valence-corrected chi connectivity index (χ2v) is 5.56. The molecular formula is C12H18BrClN2. The molecule has 0 aliphatic carbocycles. The molecule has 1 rings (SSSR count). The van der Waals surface area contributed by atoms with Crippen LogP contribution in [0, 0.1) is 5.92 Å². The van der Waals surface area contributed by atoms with E-state index in [-0.39, 0.29) is 0 Å². The van der Waals surface area contributed by atoms with Crippen LogP contribution >= 0.6 is 27.5 Å². The van der Waals surface area contributed by atoms with Crippen LogP contribution in [-0.4, -0.2) is 18.6 Å². The largest absolute Gasteiger partial charge is 0.359 e. The Labute approximate surface area is 111 Å². The maximum absolute atomic E-state index is 5.92. The molecule has 2 nitrogen and oxygen atoms in total. The van der Waals surface area contributed by atoms with E-state index in [1.54, 1.807) is 0 Å². The normalized spacial score (nSPS) is 10.9. The minimum Gasteiger partial charge on any atom is -0.359 e. The van der Waals surface area contributed by atoms with E-state index < -0.39 is 0 Å². The van der Waals surface area contributed by atoms with E-state index >= 15 is 0 Å². The number of rotatable bonds is 5. The molecule has 0 bridgehead atoms. The lowest BCUT2D eigenvalue weighted by molar-refractivity contribution is 0.583. The zero-order valence-corrected chi connectivity index (χ0v) is 12.3. The lowest BCUT2D eigenvalue weighted by Gasteiger charge is -2.21. The second kappa shape index (κ2) is 6.45. The predicted octanol–water partition coefficient (Wildman–Crippen LogP) is 4.07. The standard InChI is InChI=1S/C12H18BrClN2/c1-9(2)4-5-16(3)12-10(7-14)6-11(13)8-15-12/h6,8-9H,4-5,7H2,1-3H3. The highest BCUT2D eigenvalue weighted by atomic mass is 79.9. The highest BCUT2D eigenvalue weighted by Gasteiger charge is 2.09. The molecule has 0 atom stereocenters. The fourth-order valence-corrected chi connectivity index (χ4v) is 2.05. The Kier molecular flexibility index (Phi) is 5.56. The molecule has 0 unspecified atom stereocenters. The molecule has 0 amide bonds. The van der Waals surface area contributed by atoms with Crippen molar-refractivity contribution in [1.82, 2.24) is 4.98 Å². The van der Waals surface area contributed by atoms with Crippen LogP contribution in [0.5, 0.6) is 0 Å². The summed E-state index contributed by atoms with van der Waals surface area (Å²) in [6.45, 7) is 5.47. The molecule has 0 fully saturated rings. The summed E-state index contributed by atoms with van der Waals surface area (Å²) in [6.07, 6.45) is 2.98. The first-order valence-corrected chi connectivity index (χ1v) is 6.79. The molecule has 0 saturated heterocycles. The molecule has 16 heavy (non-hydrogen) atoms. The van der Waals surface area contributed by atoms with Gasteiger partial charge in [-0.15, -0.1) is 11.6 Å². The molecular weight excluding hydrogens is 288 g/mol. The SMILES string of the molecule is CC(C)CCN(C)c1ncc(Br)cc1CCl. The fourth-order valence-electron chi connectivity index (χ4n) is 1.47. The Balaban J connectivity index is 2.77. The lowest BCUT2D eigenvalue weighted by Crippen LogP contribution is -2.22. The fraction of sp³-hybridized carbons (Fsp3) is 0.583. The van der Waals surface area contributed by atoms with Crippen molar-refractivity contribution in [2.24, 2.45) is 5.92 Å². The summed E-state index contributed by atoms with van der Waals surface area (Å²) in [6, 6.07) is 2.03. The quantitative estimate of drug-likeness (QED) is 0.763. The summed E-state index contributed by atoms with van der Waals surface area (Å²) in [5.74, 6) is 2.18. The van der Waals surface area contributed by atoms with Crippen molar-refractivity contribution >= 4 is 33.3 Å². The molecule has 90 valence electrons. The van der Waals surface area contributed by atoms with Crippen molar-refractivity contribution < 1.29 is 0 Å². The van der Waals surface area contributed by atoms with E-state index in [9.17, 15) is 0 Å². The number of pyridine rings is 1. The average Bonchev–Trinajstić information content (AvgIpc) is 2.25. The van der Waals surface area contributed by atoms with Gasteiger partial charge < -0.3 is 4.90 Å². The average molecular weight is 306 g/mol. The zero-order valence-electron chi connectivity index (χ0n) is 10.0. The summed E-state index contributed by atoms with van der Waals surface area (Å²) in [5.41, 5.74) is 1.07. The van der Waals surface area contributed by atoms with E-state index in [1.165, 1.54) is 0 Å². The van der Waals surface area contributed by atoms with Gasteiger partial charge in [-0.1, -0.05) is 13.8 Å². The number of halogens is 2. The molecule has 4 heteroatoms. The van der Waals surface area contributed by atoms with Gasteiger partial charge in [0.25, 0.3) is 0 Å². The Morgan fingerprint density at radius 1 is 1.50 bits per heavy atom. The summed E-state index contributed by atoms with van der Waals surface area (Å²) in [5, 5.41) is 0. The van der Waals surface area contributed by atoms with Crippen LogP contribution in [0.25, 0.3) is 0 Å². The maximum atomic E-state index is 5.92. The van der Waals surface area contributed by atoms with Crippen LogP contribution in [0.15, 0.2) is 16.7 Å². The van der Waals surface area contributed by atoms with Crippen molar-refractivity contribution in [3.8, 4) is 0 Å². The van der Waals surface area contributed by atoms with Gasteiger partial charge in [-0.2, -0.15) is 0 Å². The first-order valence-electron chi connectivity index (χ1n) is 5.46. The summed E-state index contributed by atoms with van der Waals surface area (Å²) in [4.78, 5) is 6.59. The van der Waals surface area contributed by atoms with Crippen molar-refractivity contribution in [2.75, 3.05) is 18.5 Å². The van der Waals surface area contributed by atoms with Crippen LogP contribution in [0.4, 0.5) is 5.82 Å². The van der Waals surface area contributed by atoms with Crippen LogP contribution in [0.1, 0.15) is 25.8 Å². The van der Waals surface area contributed by atoms with E-state index in [0.29, 0.717) is 11.8 Å². The Hall–Kier alpha value is -0.280. The third-order valence-corrected chi connectivity index (χ3v) is 3.18. The third kappa shape index (κ3) is 3.95. The molecule has 0 radical (unpaired) electrons. The lowest BCUT2D eigenvalue weighted by atomic mass is 10.1. The van der Waals surface area contributed by atoms with Crippen molar-refractivity contribution in [2.45, 2.75) is 26.1 Å². The zero-order chi connectivity index (χ0) is 12.1. The van der Waals surface area contributed by atoms with Gasteiger partial charge in [0.2, 0.25) is 0 Å². The van der Waals surface area contributed by atoms with Crippen LogP contribution in [0.3, 0.4) is 0 Å².